The Labute approximate surface area is 122 Å². The second-order valence-corrected chi connectivity index (χ2v) is 5.68. The van der Waals surface area contributed by atoms with Crippen LogP contribution in [0.5, 0.6) is 0 Å². The molecule has 2 aromatic carbocycles. The minimum atomic E-state index is -0.812. The summed E-state index contributed by atoms with van der Waals surface area (Å²) < 4.78 is 0. The van der Waals surface area contributed by atoms with Crippen molar-refractivity contribution >= 4 is 22.6 Å². The third-order valence-electron chi connectivity index (χ3n) is 4.36. The van der Waals surface area contributed by atoms with Gasteiger partial charge >= 0.3 is 5.97 Å². The molecular weight excluding hydrogens is 266 g/mol. The monoisotopic (exact) mass is 283 g/mol. The van der Waals surface area contributed by atoms with Gasteiger partial charge in [-0.2, -0.15) is 0 Å². The van der Waals surface area contributed by atoms with Crippen LogP contribution in [0.3, 0.4) is 0 Å². The largest absolute Gasteiger partial charge is 0.481 e. The number of fused-ring (bicyclic) bond motifs is 1. The number of carbonyl (C=O) groups is 2. The van der Waals surface area contributed by atoms with E-state index in [1.54, 1.807) is 6.07 Å². The number of carboxylic acid groups (broad SMARTS) is 1. The van der Waals surface area contributed by atoms with Crippen molar-refractivity contribution in [1.82, 2.24) is 5.32 Å². The zero-order valence-electron chi connectivity index (χ0n) is 11.6. The van der Waals surface area contributed by atoms with Crippen LogP contribution in [-0.2, 0) is 4.79 Å². The van der Waals surface area contributed by atoms with Crippen molar-refractivity contribution in [2.45, 2.75) is 19.3 Å². The summed E-state index contributed by atoms with van der Waals surface area (Å²) in [5, 5.41) is 14.1. The van der Waals surface area contributed by atoms with Gasteiger partial charge in [-0.1, -0.05) is 36.8 Å². The molecule has 0 unspecified atom stereocenters. The molecule has 0 saturated heterocycles. The zero-order valence-corrected chi connectivity index (χ0v) is 11.6. The molecule has 0 atom stereocenters. The molecule has 0 aliphatic heterocycles. The molecule has 0 radical (unpaired) electrons. The standard InChI is InChI=1S/C17H17NO3/c19-15(18-11-17(16(20)21)8-3-9-17)14-7-6-12-4-1-2-5-13(12)10-14/h1-2,4-7,10H,3,8-9,11H2,(H,18,19)(H,20,21). The van der Waals surface area contributed by atoms with Crippen LogP contribution in [0.15, 0.2) is 42.5 Å². The van der Waals surface area contributed by atoms with E-state index in [1.807, 2.05) is 36.4 Å². The summed E-state index contributed by atoms with van der Waals surface area (Å²) in [5.41, 5.74) is -0.194. The van der Waals surface area contributed by atoms with Crippen molar-refractivity contribution in [3.8, 4) is 0 Å². The SMILES string of the molecule is O=C(NCC1(C(=O)O)CCC1)c1ccc2ccccc2c1. The summed E-state index contributed by atoms with van der Waals surface area (Å²) in [6.07, 6.45) is 2.19. The van der Waals surface area contributed by atoms with Gasteiger partial charge < -0.3 is 10.4 Å². The van der Waals surface area contributed by atoms with E-state index in [4.69, 9.17) is 0 Å². The molecule has 0 spiro atoms. The molecule has 4 nitrogen and oxygen atoms in total. The van der Waals surface area contributed by atoms with Gasteiger partial charge in [0.25, 0.3) is 5.91 Å². The molecule has 1 aliphatic rings. The first kappa shape index (κ1) is 13.6. The molecule has 0 heterocycles. The van der Waals surface area contributed by atoms with E-state index in [-0.39, 0.29) is 12.5 Å². The molecule has 3 rings (SSSR count). The average molecular weight is 283 g/mol. The fourth-order valence-corrected chi connectivity index (χ4v) is 2.75. The lowest BCUT2D eigenvalue weighted by Crippen LogP contribution is -2.47. The van der Waals surface area contributed by atoms with Crippen LogP contribution in [0.25, 0.3) is 10.8 Å². The third-order valence-corrected chi connectivity index (χ3v) is 4.36. The molecule has 1 aliphatic carbocycles. The highest BCUT2D eigenvalue weighted by atomic mass is 16.4. The van der Waals surface area contributed by atoms with E-state index in [0.717, 1.165) is 17.2 Å². The Kier molecular flexibility index (Phi) is 3.37. The van der Waals surface area contributed by atoms with Crippen molar-refractivity contribution in [1.29, 1.82) is 0 Å². The first-order chi connectivity index (χ1) is 10.1. The van der Waals surface area contributed by atoms with E-state index in [1.165, 1.54) is 0 Å². The molecule has 2 aromatic rings. The van der Waals surface area contributed by atoms with Crippen LogP contribution in [-0.4, -0.2) is 23.5 Å². The maximum absolute atomic E-state index is 12.2. The number of benzene rings is 2. The van der Waals surface area contributed by atoms with Crippen LogP contribution in [0.4, 0.5) is 0 Å². The van der Waals surface area contributed by atoms with Gasteiger partial charge in [0.1, 0.15) is 0 Å². The highest BCUT2D eigenvalue weighted by Crippen LogP contribution is 2.40. The van der Waals surface area contributed by atoms with Crippen LogP contribution in [0.1, 0.15) is 29.6 Å². The molecule has 1 fully saturated rings. The quantitative estimate of drug-likeness (QED) is 0.906. The maximum Gasteiger partial charge on any atom is 0.311 e. The fourth-order valence-electron chi connectivity index (χ4n) is 2.75. The van der Waals surface area contributed by atoms with Gasteiger partial charge in [0, 0.05) is 12.1 Å². The van der Waals surface area contributed by atoms with Crippen LogP contribution in [0.2, 0.25) is 0 Å². The van der Waals surface area contributed by atoms with E-state index in [0.29, 0.717) is 18.4 Å². The fraction of sp³-hybridized carbons (Fsp3) is 0.294. The van der Waals surface area contributed by atoms with E-state index < -0.39 is 11.4 Å². The predicted molar refractivity (Wildman–Crippen MR) is 80.2 cm³/mol. The summed E-state index contributed by atoms with van der Waals surface area (Å²) in [6.45, 7) is 0.202. The number of amides is 1. The van der Waals surface area contributed by atoms with Gasteiger partial charge in [0.2, 0.25) is 0 Å². The van der Waals surface area contributed by atoms with Gasteiger partial charge in [0.05, 0.1) is 5.41 Å². The van der Waals surface area contributed by atoms with Crippen molar-refractivity contribution < 1.29 is 14.7 Å². The molecule has 0 bridgehead atoms. The Morgan fingerprint density at radius 3 is 2.43 bits per heavy atom. The Morgan fingerprint density at radius 2 is 1.81 bits per heavy atom. The minimum absolute atomic E-state index is 0.202. The van der Waals surface area contributed by atoms with E-state index >= 15 is 0 Å². The molecular formula is C17H17NO3. The lowest BCUT2D eigenvalue weighted by atomic mass is 9.69. The predicted octanol–water partition coefficient (Wildman–Crippen LogP) is 2.82. The van der Waals surface area contributed by atoms with E-state index in [2.05, 4.69) is 5.32 Å². The van der Waals surface area contributed by atoms with Gasteiger partial charge in [-0.15, -0.1) is 0 Å². The minimum Gasteiger partial charge on any atom is -0.481 e. The number of nitrogens with one attached hydrogen (secondary N) is 1. The van der Waals surface area contributed by atoms with Crippen molar-refractivity contribution in [3.05, 3.63) is 48.0 Å². The Morgan fingerprint density at radius 1 is 1.10 bits per heavy atom. The molecule has 1 amide bonds. The highest BCUT2D eigenvalue weighted by Gasteiger charge is 2.44. The van der Waals surface area contributed by atoms with Crippen molar-refractivity contribution in [3.63, 3.8) is 0 Å². The summed E-state index contributed by atoms with van der Waals surface area (Å²) in [7, 11) is 0. The summed E-state index contributed by atoms with van der Waals surface area (Å²) in [4.78, 5) is 23.5. The molecule has 0 aromatic heterocycles. The average Bonchev–Trinajstić information content (AvgIpc) is 2.45. The van der Waals surface area contributed by atoms with Gasteiger partial charge in [-0.3, -0.25) is 9.59 Å². The van der Waals surface area contributed by atoms with Gasteiger partial charge in [-0.05, 0) is 35.7 Å². The number of hydrogen-bond acceptors (Lipinski definition) is 2. The normalized spacial score (nSPS) is 16.2. The third kappa shape index (κ3) is 2.49. The number of hydrogen-bond donors (Lipinski definition) is 2. The molecule has 2 N–H and O–H groups in total. The molecule has 4 heteroatoms. The first-order valence-corrected chi connectivity index (χ1v) is 7.11. The summed E-state index contributed by atoms with van der Waals surface area (Å²) >= 11 is 0. The summed E-state index contributed by atoms with van der Waals surface area (Å²) in [6, 6.07) is 13.3. The number of carboxylic acids is 1. The second kappa shape index (κ2) is 5.20. The maximum atomic E-state index is 12.2. The lowest BCUT2D eigenvalue weighted by molar-refractivity contribution is -0.153. The number of aliphatic carboxylic acids is 1. The zero-order chi connectivity index (χ0) is 14.9. The Balaban J connectivity index is 1.73. The molecule has 108 valence electrons. The Bertz CT molecular complexity index is 704. The number of carbonyl (C=O) groups excluding carboxylic acids is 1. The number of rotatable bonds is 4. The second-order valence-electron chi connectivity index (χ2n) is 5.68. The first-order valence-electron chi connectivity index (χ1n) is 7.11. The van der Waals surface area contributed by atoms with Crippen LogP contribution in [0, 0.1) is 5.41 Å². The molecule has 21 heavy (non-hydrogen) atoms. The summed E-state index contributed by atoms with van der Waals surface area (Å²) in [5.74, 6) is -1.03. The van der Waals surface area contributed by atoms with Crippen LogP contribution < -0.4 is 5.32 Å². The van der Waals surface area contributed by atoms with Gasteiger partial charge in [0.15, 0.2) is 0 Å². The van der Waals surface area contributed by atoms with Gasteiger partial charge in [-0.25, -0.2) is 0 Å². The lowest BCUT2D eigenvalue weighted by Gasteiger charge is -2.37. The van der Waals surface area contributed by atoms with Crippen LogP contribution >= 0.6 is 0 Å². The van der Waals surface area contributed by atoms with E-state index in [9.17, 15) is 14.7 Å². The smallest absolute Gasteiger partial charge is 0.311 e. The van der Waals surface area contributed by atoms with Crippen molar-refractivity contribution in [2.24, 2.45) is 5.41 Å². The Hall–Kier alpha value is -2.36. The molecule has 1 saturated carbocycles. The topological polar surface area (TPSA) is 66.4 Å². The highest BCUT2D eigenvalue weighted by molar-refractivity contribution is 5.98. The van der Waals surface area contributed by atoms with Crippen molar-refractivity contribution in [2.75, 3.05) is 6.54 Å².